The minimum Gasteiger partial charge on any atom is -0.507 e. The number of nitriles is 1. The highest BCUT2D eigenvalue weighted by atomic mass is 16.3. The first-order valence-electron chi connectivity index (χ1n) is 6.59. The van der Waals surface area contributed by atoms with Crippen molar-refractivity contribution in [2.24, 2.45) is 0 Å². The van der Waals surface area contributed by atoms with Gasteiger partial charge in [0.25, 0.3) is 0 Å². The fourth-order valence-corrected chi connectivity index (χ4v) is 2.21. The molecule has 0 fully saturated rings. The largest absolute Gasteiger partial charge is 0.507 e. The van der Waals surface area contributed by atoms with Crippen LogP contribution in [0.1, 0.15) is 28.3 Å². The second kappa shape index (κ2) is 6.23. The summed E-state index contributed by atoms with van der Waals surface area (Å²) in [5.74, 6) is 0.300. The fraction of sp³-hybridized carbons (Fsp3) is 0.235. The Labute approximate surface area is 119 Å². The molecular weight excluding hydrogens is 248 g/mol. The molecule has 2 aromatic rings. The highest BCUT2D eigenvalue weighted by molar-refractivity contribution is 5.44. The maximum Gasteiger partial charge on any atom is 0.121 e. The van der Waals surface area contributed by atoms with Crippen molar-refractivity contribution < 1.29 is 5.11 Å². The van der Waals surface area contributed by atoms with Crippen molar-refractivity contribution in [1.29, 1.82) is 5.26 Å². The predicted molar refractivity (Wildman–Crippen MR) is 79.2 cm³/mol. The molecule has 0 spiro atoms. The van der Waals surface area contributed by atoms with Gasteiger partial charge in [-0.25, -0.2) is 0 Å². The Kier molecular flexibility index (Phi) is 4.39. The third-order valence-electron chi connectivity index (χ3n) is 3.33. The highest BCUT2D eigenvalue weighted by Crippen LogP contribution is 2.26. The lowest BCUT2D eigenvalue weighted by molar-refractivity contribution is 0.466. The van der Waals surface area contributed by atoms with Gasteiger partial charge < -0.3 is 5.11 Å². The Bertz CT molecular complexity index is 606. The second-order valence-electron chi connectivity index (χ2n) is 4.93. The van der Waals surface area contributed by atoms with Crippen LogP contribution in [0.15, 0.2) is 42.5 Å². The molecule has 20 heavy (non-hydrogen) atoms. The SMILES string of the molecule is Cc1cc(C(C#N)NCc2ccccc2)cc(C)c1O. The molecule has 0 aliphatic heterocycles. The van der Waals surface area contributed by atoms with Gasteiger partial charge in [0, 0.05) is 6.54 Å². The summed E-state index contributed by atoms with van der Waals surface area (Å²) in [6.07, 6.45) is 0. The molecule has 0 saturated carbocycles. The molecule has 2 N–H and O–H groups in total. The van der Waals surface area contributed by atoms with E-state index >= 15 is 0 Å². The van der Waals surface area contributed by atoms with Crippen LogP contribution in [-0.2, 0) is 6.54 Å². The molecule has 0 aliphatic carbocycles. The van der Waals surface area contributed by atoms with Crippen LogP contribution in [0.4, 0.5) is 0 Å². The molecule has 1 atom stereocenters. The number of aryl methyl sites for hydroxylation is 2. The normalized spacial score (nSPS) is 11.8. The number of phenols is 1. The van der Waals surface area contributed by atoms with Crippen molar-refractivity contribution in [2.45, 2.75) is 26.4 Å². The van der Waals surface area contributed by atoms with E-state index in [9.17, 15) is 10.4 Å². The molecule has 2 aromatic carbocycles. The summed E-state index contributed by atoms with van der Waals surface area (Å²) in [4.78, 5) is 0. The number of nitrogens with one attached hydrogen (secondary N) is 1. The van der Waals surface area contributed by atoms with Gasteiger partial charge in [0.15, 0.2) is 0 Å². The molecule has 3 heteroatoms. The van der Waals surface area contributed by atoms with Gasteiger partial charge in [-0.3, -0.25) is 5.32 Å². The van der Waals surface area contributed by atoms with E-state index in [0.29, 0.717) is 12.3 Å². The molecule has 102 valence electrons. The van der Waals surface area contributed by atoms with Crippen molar-refractivity contribution in [1.82, 2.24) is 5.32 Å². The van der Waals surface area contributed by atoms with Crippen LogP contribution in [-0.4, -0.2) is 5.11 Å². The Hall–Kier alpha value is -2.31. The summed E-state index contributed by atoms with van der Waals surface area (Å²) in [5, 5.41) is 22.4. The van der Waals surface area contributed by atoms with E-state index in [0.717, 1.165) is 22.3 Å². The molecule has 3 nitrogen and oxygen atoms in total. The summed E-state index contributed by atoms with van der Waals surface area (Å²) >= 11 is 0. The Morgan fingerprint density at radius 3 is 2.30 bits per heavy atom. The third kappa shape index (κ3) is 3.17. The van der Waals surface area contributed by atoms with Gasteiger partial charge in [-0.05, 0) is 48.2 Å². The van der Waals surface area contributed by atoms with E-state index in [-0.39, 0.29) is 6.04 Å². The zero-order valence-corrected chi connectivity index (χ0v) is 11.7. The molecule has 0 saturated heterocycles. The summed E-state index contributed by atoms with van der Waals surface area (Å²) in [7, 11) is 0. The number of rotatable bonds is 4. The highest BCUT2D eigenvalue weighted by Gasteiger charge is 2.13. The van der Waals surface area contributed by atoms with Gasteiger partial charge in [-0.2, -0.15) is 5.26 Å². The van der Waals surface area contributed by atoms with Crippen molar-refractivity contribution in [3.8, 4) is 11.8 Å². The molecular formula is C17H18N2O. The lowest BCUT2D eigenvalue weighted by Crippen LogP contribution is -2.19. The van der Waals surface area contributed by atoms with Crippen molar-refractivity contribution >= 4 is 0 Å². The first kappa shape index (κ1) is 14.1. The Balaban J connectivity index is 2.15. The number of benzene rings is 2. The van der Waals surface area contributed by atoms with E-state index in [1.165, 1.54) is 0 Å². The third-order valence-corrected chi connectivity index (χ3v) is 3.33. The van der Waals surface area contributed by atoms with E-state index in [1.54, 1.807) is 0 Å². The second-order valence-corrected chi connectivity index (χ2v) is 4.93. The number of hydrogen-bond donors (Lipinski definition) is 2. The van der Waals surface area contributed by atoms with E-state index < -0.39 is 0 Å². The zero-order valence-electron chi connectivity index (χ0n) is 11.7. The monoisotopic (exact) mass is 266 g/mol. The van der Waals surface area contributed by atoms with Crippen LogP contribution in [0, 0.1) is 25.2 Å². The van der Waals surface area contributed by atoms with Gasteiger partial charge in [-0.15, -0.1) is 0 Å². The van der Waals surface area contributed by atoms with Crippen LogP contribution < -0.4 is 5.32 Å². The zero-order chi connectivity index (χ0) is 14.5. The lowest BCUT2D eigenvalue weighted by atomic mass is 10.0. The predicted octanol–water partition coefficient (Wildman–Crippen LogP) is 3.36. The standard InChI is InChI=1S/C17H18N2O/c1-12-8-15(9-13(2)17(12)20)16(10-18)19-11-14-6-4-3-5-7-14/h3-9,16,19-20H,11H2,1-2H3. The number of aromatic hydroxyl groups is 1. The van der Waals surface area contributed by atoms with Crippen LogP contribution in [0.2, 0.25) is 0 Å². The smallest absolute Gasteiger partial charge is 0.121 e. The molecule has 0 amide bonds. The van der Waals surface area contributed by atoms with Crippen LogP contribution in [0.5, 0.6) is 5.75 Å². The number of hydrogen-bond acceptors (Lipinski definition) is 3. The topological polar surface area (TPSA) is 56.0 Å². The molecule has 0 heterocycles. The minimum absolute atomic E-state index is 0.300. The number of nitrogens with zero attached hydrogens (tertiary/aromatic N) is 1. The van der Waals surface area contributed by atoms with Crippen molar-refractivity contribution in [3.05, 3.63) is 64.7 Å². The molecule has 1 unspecified atom stereocenters. The van der Waals surface area contributed by atoms with E-state index in [4.69, 9.17) is 0 Å². The maximum absolute atomic E-state index is 9.79. The van der Waals surface area contributed by atoms with Gasteiger partial charge >= 0.3 is 0 Å². The summed E-state index contributed by atoms with van der Waals surface area (Å²) in [5.41, 5.74) is 3.61. The maximum atomic E-state index is 9.79. The average Bonchev–Trinajstić information content (AvgIpc) is 2.46. The summed E-state index contributed by atoms with van der Waals surface area (Å²) in [6.45, 7) is 4.33. The average molecular weight is 266 g/mol. The number of phenolic OH excluding ortho intramolecular Hbond substituents is 1. The first-order chi connectivity index (χ1) is 9.61. The van der Waals surface area contributed by atoms with Gasteiger partial charge in [0.2, 0.25) is 0 Å². The van der Waals surface area contributed by atoms with Gasteiger partial charge in [-0.1, -0.05) is 30.3 Å². The van der Waals surface area contributed by atoms with Gasteiger partial charge in [0.05, 0.1) is 6.07 Å². The summed E-state index contributed by atoms with van der Waals surface area (Å²) < 4.78 is 0. The van der Waals surface area contributed by atoms with Crippen LogP contribution in [0.25, 0.3) is 0 Å². The first-order valence-corrected chi connectivity index (χ1v) is 6.59. The van der Waals surface area contributed by atoms with Gasteiger partial charge in [0.1, 0.15) is 11.8 Å². The quantitative estimate of drug-likeness (QED) is 0.892. The molecule has 0 radical (unpaired) electrons. The minimum atomic E-state index is -0.381. The van der Waals surface area contributed by atoms with E-state index in [1.807, 2.05) is 56.3 Å². The lowest BCUT2D eigenvalue weighted by Gasteiger charge is -2.14. The molecule has 0 aliphatic rings. The molecule has 0 aromatic heterocycles. The molecule has 2 rings (SSSR count). The Morgan fingerprint density at radius 1 is 1.15 bits per heavy atom. The Morgan fingerprint density at radius 2 is 1.75 bits per heavy atom. The van der Waals surface area contributed by atoms with E-state index in [2.05, 4.69) is 11.4 Å². The molecule has 0 bridgehead atoms. The van der Waals surface area contributed by atoms with Crippen LogP contribution >= 0.6 is 0 Å². The van der Waals surface area contributed by atoms with Crippen molar-refractivity contribution in [2.75, 3.05) is 0 Å². The fourth-order valence-electron chi connectivity index (χ4n) is 2.21. The van der Waals surface area contributed by atoms with Crippen molar-refractivity contribution in [3.63, 3.8) is 0 Å². The van der Waals surface area contributed by atoms with Crippen LogP contribution in [0.3, 0.4) is 0 Å². The summed E-state index contributed by atoms with van der Waals surface area (Å²) in [6, 6.07) is 15.6.